The first-order valence-electron chi connectivity index (χ1n) is 17.9. The summed E-state index contributed by atoms with van der Waals surface area (Å²) < 4.78 is 0. The first kappa shape index (κ1) is 30.8. The van der Waals surface area contributed by atoms with Crippen LogP contribution in [0, 0.1) is 0 Å². The molecule has 1 aliphatic rings. The van der Waals surface area contributed by atoms with Gasteiger partial charge in [-0.25, -0.2) is 0 Å². The molecule has 0 radical (unpaired) electrons. The number of nitrogens with zero attached hydrogens (tertiary/aromatic N) is 1. The number of rotatable bonds is 7. The van der Waals surface area contributed by atoms with Gasteiger partial charge in [0.15, 0.2) is 0 Å². The van der Waals surface area contributed by atoms with E-state index in [1.54, 1.807) is 0 Å². The highest BCUT2D eigenvalue weighted by Crippen LogP contribution is 2.54. The minimum absolute atomic E-state index is 0.139. The van der Waals surface area contributed by atoms with Gasteiger partial charge in [-0.1, -0.05) is 172 Å². The smallest absolute Gasteiger partial charge is 0.0487 e. The molecule has 1 heteroatoms. The predicted octanol–water partition coefficient (Wildman–Crippen LogP) is 13.5. The summed E-state index contributed by atoms with van der Waals surface area (Å²) in [4.78, 5) is 2.49. The normalized spacial score (nSPS) is 12.7. The fourth-order valence-corrected chi connectivity index (χ4v) is 8.24. The predicted molar refractivity (Wildman–Crippen MR) is 217 cm³/mol. The average molecular weight is 654 g/mol. The van der Waals surface area contributed by atoms with Crippen molar-refractivity contribution in [3.63, 3.8) is 0 Å². The van der Waals surface area contributed by atoms with Gasteiger partial charge in [-0.05, 0) is 102 Å². The van der Waals surface area contributed by atoms with E-state index < -0.39 is 0 Å². The van der Waals surface area contributed by atoms with Crippen molar-refractivity contribution in [1.29, 1.82) is 0 Å². The maximum absolute atomic E-state index is 2.49. The Balaban J connectivity index is 1.22. The molecule has 0 fully saturated rings. The molecule has 51 heavy (non-hydrogen) atoms. The van der Waals surface area contributed by atoms with Crippen molar-refractivity contribution in [3.8, 4) is 44.5 Å². The molecule has 0 aromatic heterocycles. The van der Waals surface area contributed by atoms with Gasteiger partial charge < -0.3 is 4.90 Å². The molecule has 0 heterocycles. The summed E-state index contributed by atoms with van der Waals surface area (Å²) in [5.41, 5.74) is 16.4. The Morgan fingerprint density at radius 2 is 0.922 bits per heavy atom. The van der Waals surface area contributed by atoms with E-state index in [0.29, 0.717) is 0 Å². The van der Waals surface area contributed by atoms with Crippen molar-refractivity contribution < 1.29 is 0 Å². The number of hydrogen-bond donors (Lipinski definition) is 0. The van der Waals surface area contributed by atoms with Crippen LogP contribution in [0.25, 0.3) is 55.3 Å². The third kappa shape index (κ3) is 5.43. The van der Waals surface area contributed by atoms with Crippen LogP contribution in [0.15, 0.2) is 188 Å². The van der Waals surface area contributed by atoms with Crippen molar-refractivity contribution in [1.82, 2.24) is 0 Å². The minimum Gasteiger partial charge on any atom is -0.337 e. The topological polar surface area (TPSA) is 3.24 Å². The van der Waals surface area contributed by atoms with Crippen LogP contribution in [0.4, 0.5) is 11.4 Å². The molecule has 0 spiro atoms. The first-order chi connectivity index (χ1) is 25.1. The highest BCUT2D eigenvalue weighted by molar-refractivity contribution is 6.06. The van der Waals surface area contributed by atoms with Gasteiger partial charge in [-0.15, -0.1) is 0 Å². The Morgan fingerprint density at radius 3 is 1.61 bits per heavy atom. The van der Waals surface area contributed by atoms with E-state index in [2.05, 4.69) is 207 Å². The molecule has 0 saturated carbocycles. The van der Waals surface area contributed by atoms with Gasteiger partial charge in [-0.2, -0.15) is 0 Å². The molecule has 244 valence electrons. The second-order valence-corrected chi connectivity index (χ2v) is 14.1. The molecule has 0 N–H and O–H groups in total. The van der Waals surface area contributed by atoms with Crippen LogP contribution in [-0.4, -0.2) is 0 Å². The Hall–Kier alpha value is -6.18. The van der Waals surface area contributed by atoms with E-state index >= 15 is 0 Å². The van der Waals surface area contributed by atoms with E-state index in [0.717, 1.165) is 6.54 Å². The monoisotopic (exact) mass is 653 g/mol. The zero-order valence-corrected chi connectivity index (χ0v) is 29.1. The van der Waals surface area contributed by atoms with Crippen molar-refractivity contribution >= 4 is 22.1 Å². The highest BCUT2D eigenvalue weighted by Gasteiger charge is 2.38. The summed E-state index contributed by atoms with van der Waals surface area (Å²) in [5.74, 6) is 0. The molecule has 0 unspecified atom stereocenters. The number of anilines is 2. The summed E-state index contributed by atoms with van der Waals surface area (Å²) in [6.45, 7) is 5.52. The lowest BCUT2D eigenvalue weighted by molar-refractivity contribution is 0.666. The van der Waals surface area contributed by atoms with Crippen LogP contribution in [0.3, 0.4) is 0 Å². The second kappa shape index (κ2) is 12.6. The van der Waals surface area contributed by atoms with Gasteiger partial charge in [0.1, 0.15) is 0 Å². The standard InChI is InChI=1S/C50H39N/c1-50(2)48-31-30-41(32-46(48)47-33-45(38-20-10-5-11-21-38)43-24-14-15-25-44(43)49(47)50)51(40-28-26-36(27-29-40)35-16-6-3-7-17-35)34-39-22-12-13-23-42(39)37-18-8-4-9-19-37/h3-33H,34H2,1-2H3. The minimum atomic E-state index is -0.139. The fourth-order valence-electron chi connectivity index (χ4n) is 8.24. The van der Waals surface area contributed by atoms with Crippen LogP contribution in [0.2, 0.25) is 0 Å². The van der Waals surface area contributed by atoms with Crippen molar-refractivity contribution in [2.75, 3.05) is 4.90 Å². The molecular weight excluding hydrogens is 615 g/mol. The van der Waals surface area contributed by atoms with E-state index in [1.807, 2.05) is 0 Å². The third-order valence-corrected chi connectivity index (χ3v) is 10.7. The van der Waals surface area contributed by atoms with Gasteiger partial charge in [0.05, 0.1) is 0 Å². The largest absolute Gasteiger partial charge is 0.337 e. The number of hydrogen-bond acceptors (Lipinski definition) is 1. The zero-order chi connectivity index (χ0) is 34.4. The molecular formula is C50H39N. The van der Waals surface area contributed by atoms with E-state index in [-0.39, 0.29) is 5.41 Å². The third-order valence-electron chi connectivity index (χ3n) is 10.7. The Labute approximate surface area is 301 Å². The van der Waals surface area contributed by atoms with E-state index in [9.17, 15) is 0 Å². The molecule has 8 aromatic carbocycles. The molecule has 1 aliphatic carbocycles. The van der Waals surface area contributed by atoms with Gasteiger partial charge in [0.2, 0.25) is 0 Å². The van der Waals surface area contributed by atoms with Gasteiger partial charge >= 0.3 is 0 Å². The first-order valence-corrected chi connectivity index (χ1v) is 17.9. The lowest BCUT2D eigenvalue weighted by Gasteiger charge is -2.28. The second-order valence-electron chi connectivity index (χ2n) is 14.1. The van der Waals surface area contributed by atoms with Crippen LogP contribution in [0.1, 0.15) is 30.5 Å². The fraction of sp³-hybridized carbons (Fsp3) is 0.0800. The summed E-state index contributed by atoms with van der Waals surface area (Å²) in [6, 6.07) is 68.7. The molecule has 0 saturated heterocycles. The van der Waals surface area contributed by atoms with Crippen molar-refractivity contribution in [2.24, 2.45) is 0 Å². The lowest BCUT2D eigenvalue weighted by Crippen LogP contribution is -2.18. The quantitative estimate of drug-likeness (QED) is 0.165. The molecule has 0 aliphatic heterocycles. The van der Waals surface area contributed by atoms with Crippen LogP contribution in [-0.2, 0) is 12.0 Å². The van der Waals surface area contributed by atoms with Crippen LogP contribution in [0.5, 0.6) is 0 Å². The summed E-state index contributed by atoms with van der Waals surface area (Å²) in [7, 11) is 0. The molecule has 0 bridgehead atoms. The maximum atomic E-state index is 2.49. The number of benzene rings is 8. The SMILES string of the molecule is CC1(C)c2ccc(N(Cc3ccccc3-c3ccccc3)c3ccc(-c4ccccc4)cc3)cc2-c2cc(-c3ccccc3)c3ccccc3c21. The summed E-state index contributed by atoms with van der Waals surface area (Å²) in [5, 5.41) is 2.64. The van der Waals surface area contributed by atoms with Crippen LogP contribution < -0.4 is 4.90 Å². The zero-order valence-electron chi connectivity index (χ0n) is 29.1. The van der Waals surface area contributed by atoms with E-state index in [1.165, 1.54) is 83.3 Å². The number of fused-ring (bicyclic) bond motifs is 5. The molecule has 9 rings (SSSR count). The summed E-state index contributed by atoms with van der Waals surface area (Å²) in [6.07, 6.45) is 0. The van der Waals surface area contributed by atoms with Crippen molar-refractivity contribution in [3.05, 3.63) is 205 Å². The Bertz CT molecular complexity index is 2500. The molecule has 1 nitrogen and oxygen atoms in total. The highest BCUT2D eigenvalue weighted by atomic mass is 15.1. The van der Waals surface area contributed by atoms with E-state index in [4.69, 9.17) is 0 Å². The van der Waals surface area contributed by atoms with Crippen molar-refractivity contribution in [2.45, 2.75) is 25.8 Å². The molecule has 0 amide bonds. The van der Waals surface area contributed by atoms with Gasteiger partial charge in [0.25, 0.3) is 0 Å². The molecule has 0 atom stereocenters. The Morgan fingerprint density at radius 1 is 0.392 bits per heavy atom. The lowest BCUT2D eigenvalue weighted by atomic mass is 9.79. The Kier molecular flexibility index (Phi) is 7.63. The van der Waals surface area contributed by atoms with Gasteiger partial charge in [-0.3, -0.25) is 0 Å². The van der Waals surface area contributed by atoms with Gasteiger partial charge in [0, 0.05) is 23.3 Å². The van der Waals surface area contributed by atoms with Crippen LogP contribution >= 0.6 is 0 Å². The maximum Gasteiger partial charge on any atom is 0.0487 e. The summed E-state index contributed by atoms with van der Waals surface area (Å²) >= 11 is 0. The average Bonchev–Trinajstić information content (AvgIpc) is 3.43. The molecule has 8 aromatic rings.